The second kappa shape index (κ2) is 4.38. The van der Waals surface area contributed by atoms with E-state index >= 15 is 0 Å². The average molecular weight is 200 g/mol. The SMILES string of the molecule is COc1c(C)cc(C)cc1NCCl. The number of anilines is 1. The molecular weight excluding hydrogens is 186 g/mol. The molecule has 2 nitrogen and oxygen atoms in total. The van der Waals surface area contributed by atoms with Crippen LogP contribution >= 0.6 is 11.6 Å². The number of nitrogens with one attached hydrogen (secondary N) is 1. The quantitative estimate of drug-likeness (QED) is 0.597. The highest BCUT2D eigenvalue weighted by molar-refractivity contribution is 6.18. The molecule has 0 saturated carbocycles. The van der Waals surface area contributed by atoms with Crippen molar-refractivity contribution in [3.05, 3.63) is 23.3 Å². The van der Waals surface area contributed by atoms with Crippen molar-refractivity contribution >= 4 is 17.3 Å². The first kappa shape index (κ1) is 10.2. The van der Waals surface area contributed by atoms with E-state index in [-0.39, 0.29) is 0 Å². The predicted octanol–water partition coefficient (Wildman–Crippen LogP) is 2.92. The van der Waals surface area contributed by atoms with Crippen molar-refractivity contribution in [1.29, 1.82) is 0 Å². The van der Waals surface area contributed by atoms with Crippen molar-refractivity contribution in [2.75, 3.05) is 18.4 Å². The highest BCUT2D eigenvalue weighted by Crippen LogP contribution is 2.29. The molecule has 0 heterocycles. The first-order valence-corrected chi connectivity index (χ1v) is 4.67. The smallest absolute Gasteiger partial charge is 0.144 e. The van der Waals surface area contributed by atoms with Crippen molar-refractivity contribution in [3.63, 3.8) is 0 Å². The maximum Gasteiger partial charge on any atom is 0.144 e. The van der Waals surface area contributed by atoms with Crippen LogP contribution < -0.4 is 10.1 Å². The summed E-state index contributed by atoms with van der Waals surface area (Å²) in [7, 11) is 1.66. The van der Waals surface area contributed by atoms with Crippen LogP contribution in [0.25, 0.3) is 0 Å². The third-order valence-corrected chi connectivity index (χ3v) is 2.01. The van der Waals surface area contributed by atoms with Gasteiger partial charge in [0.05, 0.1) is 18.8 Å². The molecule has 1 N–H and O–H groups in total. The number of methoxy groups -OCH3 is 1. The number of aryl methyl sites for hydroxylation is 2. The molecule has 0 unspecified atom stereocenters. The summed E-state index contributed by atoms with van der Waals surface area (Å²) in [5.74, 6) is 0.867. The minimum absolute atomic E-state index is 0.388. The fourth-order valence-electron chi connectivity index (χ4n) is 1.43. The number of benzene rings is 1. The fourth-order valence-corrected chi connectivity index (χ4v) is 1.57. The molecule has 0 aliphatic carbocycles. The first-order valence-electron chi connectivity index (χ1n) is 4.14. The Labute approximate surface area is 83.9 Å². The molecule has 0 spiro atoms. The molecule has 13 heavy (non-hydrogen) atoms. The second-order valence-electron chi connectivity index (χ2n) is 2.97. The minimum Gasteiger partial charge on any atom is -0.494 e. The van der Waals surface area contributed by atoms with Crippen molar-refractivity contribution in [3.8, 4) is 5.75 Å². The molecule has 72 valence electrons. The largest absolute Gasteiger partial charge is 0.494 e. The zero-order valence-electron chi connectivity index (χ0n) is 8.15. The lowest BCUT2D eigenvalue weighted by molar-refractivity contribution is 0.413. The van der Waals surface area contributed by atoms with Gasteiger partial charge in [-0.15, -0.1) is 11.6 Å². The summed E-state index contributed by atoms with van der Waals surface area (Å²) in [5, 5.41) is 3.05. The molecule has 1 aromatic rings. The van der Waals surface area contributed by atoms with Crippen molar-refractivity contribution in [2.24, 2.45) is 0 Å². The van der Waals surface area contributed by atoms with Crippen LogP contribution in [0.3, 0.4) is 0 Å². The maximum absolute atomic E-state index is 5.60. The summed E-state index contributed by atoms with van der Waals surface area (Å²) in [4.78, 5) is 0. The van der Waals surface area contributed by atoms with Gasteiger partial charge in [0.15, 0.2) is 0 Å². The fraction of sp³-hybridized carbons (Fsp3) is 0.400. The topological polar surface area (TPSA) is 21.3 Å². The van der Waals surface area contributed by atoms with Crippen LogP contribution in [0.15, 0.2) is 12.1 Å². The lowest BCUT2D eigenvalue weighted by Crippen LogP contribution is -1.99. The van der Waals surface area contributed by atoms with Gasteiger partial charge in [0, 0.05) is 0 Å². The Kier molecular flexibility index (Phi) is 3.43. The Morgan fingerprint density at radius 1 is 1.38 bits per heavy atom. The van der Waals surface area contributed by atoms with E-state index in [0.29, 0.717) is 6.00 Å². The zero-order chi connectivity index (χ0) is 9.84. The van der Waals surface area contributed by atoms with Crippen LogP contribution in [-0.4, -0.2) is 13.1 Å². The molecular formula is C10H14ClNO. The highest BCUT2D eigenvalue weighted by Gasteiger charge is 2.05. The molecule has 0 saturated heterocycles. The molecule has 0 radical (unpaired) electrons. The summed E-state index contributed by atoms with van der Waals surface area (Å²) < 4.78 is 5.26. The molecule has 0 bridgehead atoms. The Bertz CT molecular complexity index is 299. The van der Waals surface area contributed by atoms with E-state index < -0.39 is 0 Å². The zero-order valence-corrected chi connectivity index (χ0v) is 8.90. The van der Waals surface area contributed by atoms with Gasteiger partial charge in [0.1, 0.15) is 5.75 Å². The Balaban J connectivity index is 3.13. The minimum atomic E-state index is 0.388. The van der Waals surface area contributed by atoms with E-state index in [1.54, 1.807) is 7.11 Å². The highest BCUT2D eigenvalue weighted by atomic mass is 35.5. The third-order valence-electron chi connectivity index (χ3n) is 1.88. The van der Waals surface area contributed by atoms with Crippen molar-refractivity contribution in [1.82, 2.24) is 0 Å². The van der Waals surface area contributed by atoms with Gasteiger partial charge >= 0.3 is 0 Å². The number of hydrogen-bond donors (Lipinski definition) is 1. The lowest BCUT2D eigenvalue weighted by atomic mass is 10.1. The molecule has 0 aliphatic heterocycles. The van der Waals surface area contributed by atoms with Crippen LogP contribution in [-0.2, 0) is 0 Å². The molecule has 0 amide bonds. The first-order chi connectivity index (χ1) is 6.19. The van der Waals surface area contributed by atoms with E-state index in [1.165, 1.54) is 5.56 Å². The van der Waals surface area contributed by atoms with Gasteiger partial charge in [-0.25, -0.2) is 0 Å². The monoisotopic (exact) mass is 199 g/mol. The van der Waals surface area contributed by atoms with Gasteiger partial charge < -0.3 is 10.1 Å². The summed E-state index contributed by atoms with van der Waals surface area (Å²) in [5.41, 5.74) is 3.27. The summed E-state index contributed by atoms with van der Waals surface area (Å²) in [6.07, 6.45) is 0. The Hall–Kier alpha value is -0.890. The Morgan fingerprint density at radius 3 is 2.62 bits per heavy atom. The van der Waals surface area contributed by atoms with Gasteiger partial charge in [-0.1, -0.05) is 6.07 Å². The van der Waals surface area contributed by atoms with E-state index in [0.717, 1.165) is 17.0 Å². The molecule has 0 atom stereocenters. The normalized spacial score (nSPS) is 9.85. The van der Waals surface area contributed by atoms with Crippen molar-refractivity contribution in [2.45, 2.75) is 13.8 Å². The molecule has 0 fully saturated rings. The maximum atomic E-state index is 5.60. The van der Waals surface area contributed by atoms with Crippen LogP contribution in [0.4, 0.5) is 5.69 Å². The van der Waals surface area contributed by atoms with Gasteiger partial charge in [0.25, 0.3) is 0 Å². The number of ether oxygens (including phenoxy) is 1. The number of hydrogen-bond acceptors (Lipinski definition) is 2. The van der Waals surface area contributed by atoms with Crippen LogP contribution in [0, 0.1) is 13.8 Å². The van der Waals surface area contributed by atoms with Gasteiger partial charge in [-0.3, -0.25) is 0 Å². The summed E-state index contributed by atoms with van der Waals surface area (Å²) in [6, 6.07) is 4.49. The average Bonchev–Trinajstić information content (AvgIpc) is 2.04. The van der Waals surface area contributed by atoms with Crippen LogP contribution in [0.5, 0.6) is 5.75 Å². The Morgan fingerprint density at radius 2 is 2.08 bits per heavy atom. The van der Waals surface area contributed by atoms with E-state index in [1.807, 2.05) is 19.9 Å². The molecule has 0 aromatic heterocycles. The van der Waals surface area contributed by atoms with Crippen molar-refractivity contribution < 1.29 is 4.74 Å². The molecule has 3 heteroatoms. The van der Waals surface area contributed by atoms with Gasteiger partial charge in [-0.2, -0.15) is 0 Å². The molecule has 1 aromatic carbocycles. The second-order valence-corrected chi connectivity index (χ2v) is 3.24. The standard InChI is InChI=1S/C10H14ClNO/c1-7-4-8(2)10(13-3)9(5-7)12-6-11/h4-5,12H,6H2,1-3H3. The number of rotatable bonds is 3. The van der Waals surface area contributed by atoms with Gasteiger partial charge in [0.2, 0.25) is 0 Å². The van der Waals surface area contributed by atoms with E-state index in [4.69, 9.17) is 16.3 Å². The summed E-state index contributed by atoms with van der Waals surface area (Å²) >= 11 is 5.60. The van der Waals surface area contributed by atoms with Crippen LogP contribution in [0.2, 0.25) is 0 Å². The van der Waals surface area contributed by atoms with Gasteiger partial charge in [-0.05, 0) is 31.0 Å². The summed E-state index contributed by atoms with van der Waals surface area (Å²) in [6.45, 7) is 4.07. The predicted molar refractivity (Wildman–Crippen MR) is 56.8 cm³/mol. The van der Waals surface area contributed by atoms with E-state index in [2.05, 4.69) is 11.4 Å². The number of alkyl halides is 1. The van der Waals surface area contributed by atoms with E-state index in [9.17, 15) is 0 Å². The third kappa shape index (κ3) is 2.28. The molecule has 0 aliphatic rings. The lowest BCUT2D eigenvalue weighted by Gasteiger charge is -2.12. The number of halogens is 1. The molecule has 1 rings (SSSR count). The van der Waals surface area contributed by atoms with Crippen LogP contribution in [0.1, 0.15) is 11.1 Å².